The van der Waals surface area contributed by atoms with Gasteiger partial charge in [0.05, 0.1) is 6.42 Å². The molecule has 4 heteroatoms. The minimum atomic E-state index is 0.0746. The number of amides is 1. The van der Waals surface area contributed by atoms with Crippen molar-refractivity contribution < 1.29 is 4.79 Å². The Morgan fingerprint density at radius 3 is 2.94 bits per heavy atom. The largest absolute Gasteiger partial charge is 0.384 e. The fourth-order valence-electron chi connectivity index (χ4n) is 2.16. The lowest BCUT2D eigenvalue weighted by Gasteiger charge is -2.25. The van der Waals surface area contributed by atoms with Crippen LogP contribution in [0.25, 0.3) is 0 Å². The van der Waals surface area contributed by atoms with E-state index in [0.717, 1.165) is 29.9 Å². The molecule has 1 aliphatic heterocycles. The van der Waals surface area contributed by atoms with Gasteiger partial charge in [0.2, 0.25) is 5.91 Å². The molecule has 0 spiro atoms. The summed E-state index contributed by atoms with van der Waals surface area (Å²) in [4.78, 5) is 11.3. The van der Waals surface area contributed by atoms with Crippen LogP contribution < -0.4 is 16.4 Å². The summed E-state index contributed by atoms with van der Waals surface area (Å²) < 4.78 is 0. The number of anilines is 2. The van der Waals surface area contributed by atoms with E-state index < -0.39 is 0 Å². The van der Waals surface area contributed by atoms with Crippen LogP contribution in [0.15, 0.2) is 18.2 Å². The molecule has 0 unspecified atom stereocenters. The molecule has 4 N–H and O–H groups in total. The van der Waals surface area contributed by atoms with Crippen LogP contribution in [0.4, 0.5) is 11.4 Å². The molecule has 0 aromatic heterocycles. The molecule has 18 heavy (non-hydrogen) atoms. The zero-order valence-electron chi connectivity index (χ0n) is 11.0. The first kappa shape index (κ1) is 12.9. The van der Waals surface area contributed by atoms with Gasteiger partial charge in [-0.25, -0.2) is 0 Å². The van der Waals surface area contributed by atoms with Crippen LogP contribution in [-0.4, -0.2) is 19.0 Å². The van der Waals surface area contributed by atoms with Crippen molar-refractivity contribution in [1.29, 1.82) is 0 Å². The molecule has 98 valence electrons. The quantitative estimate of drug-likeness (QED) is 0.745. The molecule has 2 rings (SSSR count). The van der Waals surface area contributed by atoms with Crippen molar-refractivity contribution in [2.45, 2.75) is 26.7 Å². The number of nitrogens with one attached hydrogen (secondary N) is 2. The van der Waals surface area contributed by atoms with Gasteiger partial charge in [0.1, 0.15) is 0 Å². The summed E-state index contributed by atoms with van der Waals surface area (Å²) >= 11 is 0. The Labute approximate surface area is 108 Å². The average Bonchev–Trinajstić information content (AvgIpc) is 2.65. The predicted molar refractivity (Wildman–Crippen MR) is 74.7 cm³/mol. The average molecular weight is 247 g/mol. The second-order valence-corrected chi connectivity index (χ2v) is 5.65. The number of rotatable bonds is 5. The van der Waals surface area contributed by atoms with Crippen molar-refractivity contribution in [1.82, 2.24) is 0 Å². The van der Waals surface area contributed by atoms with E-state index in [0.29, 0.717) is 13.0 Å². The molecule has 0 aliphatic carbocycles. The summed E-state index contributed by atoms with van der Waals surface area (Å²) in [6, 6.07) is 6.01. The first-order valence-corrected chi connectivity index (χ1v) is 6.37. The zero-order valence-corrected chi connectivity index (χ0v) is 11.0. The molecule has 0 bridgehead atoms. The number of hydrogen-bond acceptors (Lipinski definition) is 3. The minimum Gasteiger partial charge on any atom is -0.384 e. The number of fused-ring (bicyclic) bond motifs is 1. The first-order chi connectivity index (χ1) is 8.50. The van der Waals surface area contributed by atoms with Crippen LogP contribution in [0, 0.1) is 5.41 Å². The molecule has 1 aliphatic rings. The highest BCUT2D eigenvalue weighted by Crippen LogP contribution is 2.27. The highest BCUT2D eigenvalue weighted by atomic mass is 16.1. The van der Waals surface area contributed by atoms with Crippen LogP contribution in [0.3, 0.4) is 0 Å². The maximum Gasteiger partial charge on any atom is 0.228 e. The Kier molecular flexibility index (Phi) is 3.57. The van der Waals surface area contributed by atoms with Gasteiger partial charge in [-0.15, -0.1) is 0 Å². The molecule has 0 saturated heterocycles. The van der Waals surface area contributed by atoms with Gasteiger partial charge >= 0.3 is 0 Å². The second kappa shape index (κ2) is 4.98. The SMILES string of the molecule is CC(C)(CCN)CNc1ccc2c(c1)CC(=O)N2. The molecule has 1 amide bonds. The van der Waals surface area contributed by atoms with E-state index in [9.17, 15) is 4.79 Å². The van der Waals surface area contributed by atoms with Crippen molar-refractivity contribution in [2.75, 3.05) is 23.7 Å². The van der Waals surface area contributed by atoms with Crippen LogP contribution >= 0.6 is 0 Å². The van der Waals surface area contributed by atoms with Crippen molar-refractivity contribution in [2.24, 2.45) is 11.1 Å². The van der Waals surface area contributed by atoms with E-state index in [4.69, 9.17) is 5.73 Å². The van der Waals surface area contributed by atoms with Crippen LogP contribution in [0.5, 0.6) is 0 Å². The van der Waals surface area contributed by atoms with Gasteiger partial charge in [-0.1, -0.05) is 13.8 Å². The van der Waals surface area contributed by atoms with Crippen molar-refractivity contribution in [3.63, 3.8) is 0 Å². The smallest absolute Gasteiger partial charge is 0.228 e. The third-order valence-electron chi connectivity index (χ3n) is 3.32. The molecule has 1 aromatic rings. The highest BCUT2D eigenvalue weighted by Gasteiger charge is 2.19. The van der Waals surface area contributed by atoms with Crippen molar-refractivity contribution in [3.8, 4) is 0 Å². The molecule has 1 heterocycles. The fraction of sp³-hybridized carbons (Fsp3) is 0.500. The lowest BCUT2D eigenvalue weighted by atomic mass is 9.89. The van der Waals surface area contributed by atoms with E-state index >= 15 is 0 Å². The standard InChI is InChI=1S/C14H21N3O/c1-14(2,5-6-15)9-16-11-3-4-12-10(7-11)8-13(18)17-12/h3-4,7,16H,5-6,8-9,15H2,1-2H3,(H,17,18). The maximum atomic E-state index is 11.3. The maximum absolute atomic E-state index is 11.3. The number of carbonyl (C=O) groups excluding carboxylic acids is 1. The van der Waals surface area contributed by atoms with Crippen LogP contribution in [0.1, 0.15) is 25.8 Å². The van der Waals surface area contributed by atoms with Gasteiger partial charge < -0.3 is 16.4 Å². The topological polar surface area (TPSA) is 67.1 Å². The Morgan fingerprint density at radius 2 is 2.22 bits per heavy atom. The van der Waals surface area contributed by atoms with E-state index in [1.807, 2.05) is 18.2 Å². The molecule has 4 nitrogen and oxygen atoms in total. The van der Waals surface area contributed by atoms with Gasteiger partial charge in [0, 0.05) is 17.9 Å². The number of nitrogens with two attached hydrogens (primary N) is 1. The summed E-state index contributed by atoms with van der Waals surface area (Å²) in [7, 11) is 0. The Bertz CT molecular complexity index is 454. The third kappa shape index (κ3) is 3.01. The fourth-order valence-corrected chi connectivity index (χ4v) is 2.16. The summed E-state index contributed by atoms with van der Waals surface area (Å²) in [5.41, 5.74) is 8.85. The van der Waals surface area contributed by atoms with Gasteiger partial charge in [-0.2, -0.15) is 0 Å². The van der Waals surface area contributed by atoms with Gasteiger partial charge in [-0.3, -0.25) is 4.79 Å². The monoisotopic (exact) mass is 247 g/mol. The number of benzene rings is 1. The molecule has 0 fully saturated rings. The Balaban J connectivity index is 1.99. The second-order valence-electron chi connectivity index (χ2n) is 5.65. The summed E-state index contributed by atoms with van der Waals surface area (Å²) in [5, 5.41) is 6.25. The Hall–Kier alpha value is -1.55. The minimum absolute atomic E-state index is 0.0746. The number of hydrogen-bond donors (Lipinski definition) is 3. The zero-order chi connectivity index (χ0) is 13.2. The lowest BCUT2D eigenvalue weighted by molar-refractivity contribution is -0.115. The highest BCUT2D eigenvalue weighted by molar-refractivity contribution is 5.99. The van der Waals surface area contributed by atoms with Crippen LogP contribution in [0.2, 0.25) is 0 Å². The van der Waals surface area contributed by atoms with Gasteiger partial charge in [0.15, 0.2) is 0 Å². The summed E-state index contributed by atoms with van der Waals surface area (Å²) in [5.74, 6) is 0.0746. The molecule has 0 radical (unpaired) electrons. The Morgan fingerprint density at radius 1 is 1.44 bits per heavy atom. The third-order valence-corrected chi connectivity index (χ3v) is 3.32. The molecular formula is C14H21N3O. The van der Waals surface area contributed by atoms with E-state index in [1.165, 1.54) is 0 Å². The lowest BCUT2D eigenvalue weighted by Crippen LogP contribution is -2.26. The summed E-state index contributed by atoms with van der Waals surface area (Å²) in [6.07, 6.45) is 1.47. The molecular weight excluding hydrogens is 226 g/mol. The molecule has 1 aromatic carbocycles. The van der Waals surface area contributed by atoms with Gasteiger partial charge in [-0.05, 0) is 42.1 Å². The van der Waals surface area contributed by atoms with E-state index in [-0.39, 0.29) is 11.3 Å². The van der Waals surface area contributed by atoms with E-state index in [2.05, 4.69) is 24.5 Å². The van der Waals surface area contributed by atoms with Crippen LogP contribution in [-0.2, 0) is 11.2 Å². The van der Waals surface area contributed by atoms with E-state index in [1.54, 1.807) is 0 Å². The molecule has 0 atom stereocenters. The van der Waals surface area contributed by atoms with Gasteiger partial charge in [0.25, 0.3) is 0 Å². The summed E-state index contributed by atoms with van der Waals surface area (Å²) in [6.45, 7) is 5.98. The first-order valence-electron chi connectivity index (χ1n) is 6.37. The normalized spacial score (nSPS) is 14.3. The molecule has 0 saturated carbocycles. The van der Waals surface area contributed by atoms with Crippen molar-refractivity contribution in [3.05, 3.63) is 23.8 Å². The predicted octanol–water partition coefficient (Wildman–Crippen LogP) is 1.97. The number of carbonyl (C=O) groups is 1. The van der Waals surface area contributed by atoms with Crippen molar-refractivity contribution >= 4 is 17.3 Å².